The third-order valence-electron chi connectivity index (χ3n) is 2.32. The van der Waals surface area contributed by atoms with Gasteiger partial charge in [-0.05, 0) is 29.9 Å². The molecule has 0 aliphatic heterocycles. The minimum atomic E-state index is 0.892. The van der Waals surface area contributed by atoms with Crippen molar-refractivity contribution in [2.45, 2.75) is 6.42 Å². The van der Waals surface area contributed by atoms with Crippen molar-refractivity contribution in [2.24, 2.45) is 0 Å². The quantitative estimate of drug-likeness (QED) is 0.776. The van der Waals surface area contributed by atoms with Crippen molar-refractivity contribution < 1.29 is 0 Å². The molecule has 0 atom stereocenters. The summed E-state index contributed by atoms with van der Waals surface area (Å²) in [6.07, 6.45) is 2.84. The first kappa shape index (κ1) is 10.2. The number of hydrogen-bond donors (Lipinski definition) is 1. The van der Waals surface area contributed by atoms with E-state index in [0.717, 1.165) is 17.9 Å². The van der Waals surface area contributed by atoms with E-state index in [4.69, 9.17) is 0 Å². The molecule has 2 aromatic rings. The van der Waals surface area contributed by atoms with Crippen LogP contribution in [0.2, 0.25) is 0 Å². The third-order valence-corrected chi connectivity index (χ3v) is 2.54. The van der Waals surface area contributed by atoms with Crippen molar-refractivity contribution in [2.75, 3.05) is 5.75 Å². The van der Waals surface area contributed by atoms with E-state index in [9.17, 15) is 0 Å². The monoisotopic (exact) mass is 215 g/mol. The highest BCUT2D eigenvalue weighted by Gasteiger charge is 1.97. The summed E-state index contributed by atoms with van der Waals surface area (Å²) in [5, 5.41) is 0. The van der Waals surface area contributed by atoms with Crippen LogP contribution in [-0.4, -0.2) is 10.7 Å². The van der Waals surface area contributed by atoms with Crippen LogP contribution in [0.25, 0.3) is 11.3 Å². The van der Waals surface area contributed by atoms with Crippen molar-refractivity contribution in [3.8, 4) is 11.3 Å². The van der Waals surface area contributed by atoms with E-state index in [2.05, 4.69) is 41.9 Å². The summed E-state index contributed by atoms with van der Waals surface area (Å²) in [6, 6.07) is 14.5. The lowest BCUT2D eigenvalue weighted by molar-refractivity contribution is 1.16. The Morgan fingerprint density at radius 2 is 1.80 bits per heavy atom. The number of aryl methyl sites for hydroxylation is 1. The molecular weight excluding hydrogens is 202 g/mol. The molecule has 1 nitrogen and oxygen atoms in total. The first-order valence-electron chi connectivity index (χ1n) is 5.01. The normalized spacial score (nSPS) is 10.2. The van der Waals surface area contributed by atoms with Gasteiger partial charge in [0.2, 0.25) is 0 Å². The van der Waals surface area contributed by atoms with E-state index in [1.165, 1.54) is 11.1 Å². The molecule has 0 N–H and O–H groups in total. The third kappa shape index (κ3) is 2.60. The summed E-state index contributed by atoms with van der Waals surface area (Å²) in [4.78, 5) is 4.31. The number of pyridine rings is 1. The Bertz CT molecular complexity index is 408. The molecule has 0 bridgehead atoms. The second-order valence-electron chi connectivity index (χ2n) is 3.39. The largest absolute Gasteiger partial charge is 0.256 e. The van der Waals surface area contributed by atoms with Crippen molar-refractivity contribution >= 4 is 12.6 Å². The Kier molecular flexibility index (Phi) is 3.41. The topological polar surface area (TPSA) is 12.9 Å². The van der Waals surface area contributed by atoms with E-state index < -0.39 is 0 Å². The lowest BCUT2D eigenvalue weighted by Gasteiger charge is -2.02. The van der Waals surface area contributed by atoms with Crippen LogP contribution in [-0.2, 0) is 6.42 Å². The molecule has 2 rings (SSSR count). The average Bonchev–Trinajstić information content (AvgIpc) is 2.32. The van der Waals surface area contributed by atoms with Crippen LogP contribution >= 0.6 is 12.6 Å². The van der Waals surface area contributed by atoms with Gasteiger partial charge in [-0.3, -0.25) is 4.98 Å². The molecule has 0 fully saturated rings. The number of thiol groups is 1. The van der Waals surface area contributed by atoms with Crippen molar-refractivity contribution in [1.29, 1.82) is 0 Å². The summed E-state index contributed by atoms with van der Waals surface area (Å²) in [7, 11) is 0. The molecule has 1 aromatic heterocycles. The fourth-order valence-corrected chi connectivity index (χ4v) is 1.76. The molecule has 0 radical (unpaired) electrons. The molecule has 1 aromatic carbocycles. The number of benzene rings is 1. The molecule has 15 heavy (non-hydrogen) atoms. The van der Waals surface area contributed by atoms with Gasteiger partial charge in [0.15, 0.2) is 0 Å². The predicted molar refractivity (Wildman–Crippen MR) is 67.2 cm³/mol. The highest BCUT2D eigenvalue weighted by Crippen LogP contribution is 2.16. The lowest BCUT2D eigenvalue weighted by Crippen LogP contribution is -1.87. The van der Waals surface area contributed by atoms with Gasteiger partial charge in [-0.1, -0.05) is 30.3 Å². The SMILES string of the molecule is SCCc1ccc(-c2ccccn2)cc1. The van der Waals surface area contributed by atoms with Gasteiger partial charge in [-0.15, -0.1) is 0 Å². The minimum Gasteiger partial charge on any atom is -0.256 e. The van der Waals surface area contributed by atoms with Crippen LogP contribution in [0.3, 0.4) is 0 Å². The van der Waals surface area contributed by atoms with Crippen LogP contribution in [0.5, 0.6) is 0 Å². The summed E-state index contributed by atoms with van der Waals surface area (Å²) < 4.78 is 0. The highest BCUT2D eigenvalue weighted by molar-refractivity contribution is 7.80. The van der Waals surface area contributed by atoms with Crippen LogP contribution in [0.4, 0.5) is 0 Å². The molecule has 1 heterocycles. The highest BCUT2D eigenvalue weighted by atomic mass is 32.1. The molecule has 0 aliphatic rings. The van der Waals surface area contributed by atoms with Crippen molar-refractivity contribution in [3.05, 3.63) is 54.2 Å². The Balaban J connectivity index is 2.24. The molecule has 0 spiro atoms. The molecule has 76 valence electrons. The predicted octanol–water partition coefficient (Wildman–Crippen LogP) is 3.22. The Morgan fingerprint density at radius 3 is 2.40 bits per heavy atom. The Morgan fingerprint density at radius 1 is 1.00 bits per heavy atom. The van der Waals surface area contributed by atoms with E-state index in [-0.39, 0.29) is 0 Å². The van der Waals surface area contributed by atoms with Crippen LogP contribution in [0.1, 0.15) is 5.56 Å². The van der Waals surface area contributed by atoms with Gasteiger partial charge < -0.3 is 0 Å². The number of rotatable bonds is 3. The van der Waals surface area contributed by atoms with Crippen molar-refractivity contribution in [1.82, 2.24) is 4.98 Å². The molecule has 0 aliphatic carbocycles. The summed E-state index contributed by atoms with van der Waals surface area (Å²) >= 11 is 4.22. The maximum absolute atomic E-state index is 4.31. The van der Waals surface area contributed by atoms with Crippen LogP contribution in [0, 0.1) is 0 Å². The summed E-state index contributed by atoms with van der Waals surface area (Å²) in [5.41, 5.74) is 3.51. The van der Waals surface area contributed by atoms with Gasteiger partial charge in [0.05, 0.1) is 5.69 Å². The number of aromatic nitrogens is 1. The Hall–Kier alpha value is -1.28. The van der Waals surface area contributed by atoms with Crippen molar-refractivity contribution in [3.63, 3.8) is 0 Å². The molecule has 0 saturated carbocycles. The van der Waals surface area contributed by atoms with Gasteiger partial charge in [-0.25, -0.2) is 0 Å². The van der Waals surface area contributed by atoms with E-state index >= 15 is 0 Å². The van der Waals surface area contributed by atoms with Gasteiger partial charge in [0.25, 0.3) is 0 Å². The molecule has 2 heteroatoms. The minimum absolute atomic E-state index is 0.892. The van der Waals surface area contributed by atoms with E-state index in [0.29, 0.717) is 0 Å². The fourth-order valence-electron chi connectivity index (χ4n) is 1.50. The average molecular weight is 215 g/mol. The number of nitrogens with zero attached hydrogens (tertiary/aromatic N) is 1. The van der Waals surface area contributed by atoms with Gasteiger partial charge in [0.1, 0.15) is 0 Å². The zero-order valence-electron chi connectivity index (χ0n) is 8.43. The van der Waals surface area contributed by atoms with Crippen LogP contribution in [0.15, 0.2) is 48.7 Å². The zero-order valence-corrected chi connectivity index (χ0v) is 9.32. The second-order valence-corrected chi connectivity index (χ2v) is 3.83. The standard InChI is InChI=1S/C13H13NS/c15-10-8-11-4-6-12(7-5-11)13-3-1-2-9-14-13/h1-7,9,15H,8,10H2. The van der Waals surface area contributed by atoms with E-state index in [1.807, 2.05) is 24.4 Å². The van der Waals surface area contributed by atoms with Gasteiger partial charge >= 0.3 is 0 Å². The maximum Gasteiger partial charge on any atom is 0.0701 e. The first-order chi connectivity index (χ1) is 7.40. The molecule has 0 saturated heterocycles. The second kappa shape index (κ2) is 4.99. The zero-order chi connectivity index (χ0) is 10.5. The van der Waals surface area contributed by atoms with Crippen LogP contribution < -0.4 is 0 Å². The summed E-state index contributed by atoms with van der Waals surface area (Å²) in [6.45, 7) is 0. The smallest absolute Gasteiger partial charge is 0.0701 e. The lowest BCUT2D eigenvalue weighted by atomic mass is 10.1. The fraction of sp³-hybridized carbons (Fsp3) is 0.154. The summed E-state index contributed by atoms with van der Waals surface area (Å²) in [5.74, 6) is 0.892. The van der Waals surface area contributed by atoms with Gasteiger partial charge in [-0.2, -0.15) is 12.6 Å². The van der Waals surface area contributed by atoms with E-state index in [1.54, 1.807) is 0 Å². The first-order valence-corrected chi connectivity index (χ1v) is 5.64. The molecular formula is C13H13NS. The van der Waals surface area contributed by atoms with Gasteiger partial charge in [0, 0.05) is 11.8 Å². The molecule has 0 unspecified atom stereocenters. The maximum atomic E-state index is 4.31. The molecule has 0 amide bonds. The number of hydrogen-bond acceptors (Lipinski definition) is 2. The Labute approximate surface area is 95.6 Å².